The van der Waals surface area contributed by atoms with E-state index in [1.54, 1.807) is 38.4 Å². The van der Waals surface area contributed by atoms with E-state index in [0.717, 1.165) is 6.26 Å². The van der Waals surface area contributed by atoms with E-state index in [4.69, 9.17) is 0 Å². The van der Waals surface area contributed by atoms with Crippen molar-refractivity contribution in [3.8, 4) is 0 Å². The summed E-state index contributed by atoms with van der Waals surface area (Å²) in [6.07, 6.45) is 1.10. The molecule has 2 amide bonds. The van der Waals surface area contributed by atoms with E-state index in [2.05, 4.69) is 5.32 Å². The topological polar surface area (TPSA) is 83.6 Å². The fourth-order valence-electron chi connectivity index (χ4n) is 2.26. The van der Waals surface area contributed by atoms with Crippen molar-refractivity contribution in [2.45, 2.75) is 10.9 Å². The quantitative estimate of drug-likeness (QED) is 0.879. The smallest absolute Gasteiger partial charge is 0.252 e. The van der Waals surface area contributed by atoms with E-state index in [1.165, 1.54) is 29.2 Å². The molecule has 7 heteroatoms. The number of carbonyl (C=O) groups excluding carboxylic acids is 2. The van der Waals surface area contributed by atoms with Gasteiger partial charge in [-0.1, -0.05) is 30.3 Å². The van der Waals surface area contributed by atoms with Crippen molar-refractivity contribution in [2.24, 2.45) is 0 Å². The minimum absolute atomic E-state index is 0.132. The van der Waals surface area contributed by atoms with E-state index in [1.807, 2.05) is 6.07 Å². The van der Waals surface area contributed by atoms with Gasteiger partial charge in [-0.05, 0) is 29.8 Å². The second-order valence-corrected chi connectivity index (χ2v) is 7.86. The van der Waals surface area contributed by atoms with Gasteiger partial charge in [-0.3, -0.25) is 9.59 Å². The third-order valence-corrected chi connectivity index (χ3v) is 4.77. The Bertz CT molecular complexity index is 860. The molecule has 2 rings (SSSR count). The van der Waals surface area contributed by atoms with E-state index >= 15 is 0 Å². The molecule has 0 spiro atoms. The van der Waals surface area contributed by atoms with Crippen LogP contribution in [-0.2, 0) is 14.6 Å². The summed E-state index contributed by atoms with van der Waals surface area (Å²) in [4.78, 5) is 26.5. The lowest BCUT2D eigenvalue weighted by atomic mass is 10.0. The molecule has 25 heavy (non-hydrogen) atoms. The number of hydrogen-bond acceptors (Lipinski definition) is 4. The Morgan fingerprint density at radius 1 is 0.960 bits per heavy atom. The Morgan fingerprint density at radius 3 is 2.00 bits per heavy atom. The molecule has 0 saturated heterocycles. The van der Waals surface area contributed by atoms with Crippen molar-refractivity contribution in [2.75, 3.05) is 20.4 Å². The zero-order chi connectivity index (χ0) is 18.6. The molecular formula is C18H20N2O4S. The summed E-state index contributed by atoms with van der Waals surface area (Å²) in [7, 11) is -0.0957. The molecule has 0 aliphatic carbocycles. The van der Waals surface area contributed by atoms with Gasteiger partial charge in [0.15, 0.2) is 9.84 Å². The van der Waals surface area contributed by atoms with Crippen molar-refractivity contribution in [1.82, 2.24) is 10.2 Å². The van der Waals surface area contributed by atoms with Crippen LogP contribution >= 0.6 is 0 Å². The van der Waals surface area contributed by atoms with Gasteiger partial charge in [-0.2, -0.15) is 0 Å². The molecule has 0 unspecified atom stereocenters. The molecule has 0 bridgehead atoms. The third kappa shape index (κ3) is 4.67. The molecule has 1 atom stereocenters. The summed E-state index contributed by atoms with van der Waals surface area (Å²) in [5.74, 6) is -0.712. The van der Waals surface area contributed by atoms with Crippen LogP contribution in [0.5, 0.6) is 0 Å². The first-order chi connectivity index (χ1) is 11.7. The standard InChI is InChI=1S/C18H20N2O4S/c1-20(2)18(22)16(13-7-5-4-6-8-13)19-17(21)14-9-11-15(12-10-14)25(3,23)24/h4-12,16H,1-3H3,(H,19,21)/t16-/m1/s1. The highest BCUT2D eigenvalue weighted by Gasteiger charge is 2.24. The third-order valence-electron chi connectivity index (χ3n) is 3.64. The molecule has 0 aliphatic heterocycles. The monoisotopic (exact) mass is 360 g/mol. The number of nitrogens with one attached hydrogen (secondary N) is 1. The summed E-state index contributed by atoms with van der Waals surface area (Å²) in [6.45, 7) is 0. The lowest BCUT2D eigenvalue weighted by Crippen LogP contribution is -2.39. The van der Waals surface area contributed by atoms with Crippen molar-refractivity contribution in [3.63, 3.8) is 0 Å². The van der Waals surface area contributed by atoms with Crippen LogP contribution in [0.15, 0.2) is 59.5 Å². The highest BCUT2D eigenvalue weighted by atomic mass is 32.2. The van der Waals surface area contributed by atoms with Crippen LogP contribution in [0.2, 0.25) is 0 Å². The van der Waals surface area contributed by atoms with Crippen molar-refractivity contribution >= 4 is 21.7 Å². The normalized spacial score (nSPS) is 12.3. The summed E-state index contributed by atoms with van der Waals surface area (Å²) in [5.41, 5.74) is 0.946. The fourth-order valence-corrected chi connectivity index (χ4v) is 2.89. The number of rotatable bonds is 5. The highest BCUT2D eigenvalue weighted by molar-refractivity contribution is 7.90. The number of benzene rings is 2. The Hall–Kier alpha value is -2.67. The maximum atomic E-state index is 12.5. The Balaban J connectivity index is 2.26. The molecule has 2 aromatic rings. The van der Waals surface area contributed by atoms with Crippen molar-refractivity contribution in [3.05, 3.63) is 65.7 Å². The average Bonchev–Trinajstić information content (AvgIpc) is 2.59. The zero-order valence-corrected chi connectivity index (χ0v) is 15.1. The molecule has 0 fully saturated rings. The van der Waals surface area contributed by atoms with Gasteiger partial charge in [0.1, 0.15) is 6.04 Å². The lowest BCUT2D eigenvalue weighted by Gasteiger charge is -2.22. The van der Waals surface area contributed by atoms with Gasteiger partial charge < -0.3 is 10.2 Å². The van der Waals surface area contributed by atoms with Crippen molar-refractivity contribution < 1.29 is 18.0 Å². The molecule has 6 nitrogen and oxygen atoms in total. The SMILES string of the molecule is CN(C)C(=O)[C@H](NC(=O)c1ccc(S(C)(=O)=O)cc1)c1ccccc1. The number of amides is 2. The van der Waals surface area contributed by atoms with Gasteiger partial charge >= 0.3 is 0 Å². The Labute approximate surface area is 147 Å². The number of nitrogens with zero attached hydrogens (tertiary/aromatic N) is 1. The van der Waals surface area contributed by atoms with E-state index in [0.29, 0.717) is 5.56 Å². The van der Waals surface area contributed by atoms with Gasteiger partial charge in [0.2, 0.25) is 5.91 Å². The first-order valence-electron chi connectivity index (χ1n) is 7.57. The minimum atomic E-state index is -3.33. The van der Waals surface area contributed by atoms with E-state index in [-0.39, 0.29) is 16.4 Å². The first-order valence-corrected chi connectivity index (χ1v) is 9.46. The van der Waals surface area contributed by atoms with Crippen molar-refractivity contribution in [1.29, 1.82) is 0 Å². The molecule has 0 aliphatic rings. The Morgan fingerprint density at radius 2 is 1.52 bits per heavy atom. The second-order valence-electron chi connectivity index (χ2n) is 5.85. The maximum absolute atomic E-state index is 12.5. The summed E-state index contributed by atoms with van der Waals surface area (Å²) in [5, 5.41) is 2.71. The number of carbonyl (C=O) groups is 2. The van der Waals surface area contributed by atoms with Crippen LogP contribution in [0, 0.1) is 0 Å². The number of hydrogen-bond donors (Lipinski definition) is 1. The molecule has 0 saturated carbocycles. The van der Waals surface area contributed by atoms with Gasteiger partial charge in [0, 0.05) is 25.9 Å². The maximum Gasteiger partial charge on any atom is 0.252 e. The van der Waals surface area contributed by atoms with Gasteiger partial charge in [-0.15, -0.1) is 0 Å². The fraction of sp³-hybridized carbons (Fsp3) is 0.222. The summed E-state index contributed by atoms with van der Waals surface area (Å²) in [6, 6.07) is 13.7. The van der Waals surface area contributed by atoms with E-state index in [9.17, 15) is 18.0 Å². The van der Waals surface area contributed by atoms with Crippen LogP contribution in [0.4, 0.5) is 0 Å². The average molecular weight is 360 g/mol. The van der Waals surface area contributed by atoms with Gasteiger partial charge in [-0.25, -0.2) is 8.42 Å². The molecule has 0 heterocycles. The summed E-state index contributed by atoms with van der Waals surface area (Å²) < 4.78 is 23.0. The predicted molar refractivity (Wildman–Crippen MR) is 94.9 cm³/mol. The molecule has 1 N–H and O–H groups in total. The van der Waals surface area contributed by atoms with Crippen LogP contribution in [-0.4, -0.2) is 45.5 Å². The second kappa shape index (κ2) is 7.48. The molecule has 2 aromatic carbocycles. The minimum Gasteiger partial charge on any atom is -0.347 e. The first kappa shape index (κ1) is 18.7. The Kier molecular flexibility index (Phi) is 5.58. The zero-order valence-electron chi connectivity index (χ0n) is 14.3. The summed E-state index contributed by atoms with van der Waals surface area (Å²) >= 11 is 0. The van der Waals surface area contributed by atoms with Crippen LogP contribution in [0.3, 0.4) is 0 Å². The van der Waals surface area contributed by atoms with E-state index < -0.39 is 21.8 Å². The number of likely N-dealkylation sites (N-methyl/N-ethyl adjacent to an activating group) is 1. The lowest BCUT2D eigenvalue weighted by molar-refractivity contribution is -0.130. The van der Waals surface area contributed by atoms with Crippen LogP contribution in [0.25, 0.3) is 0 Å². The van der Waals surface area contributed by atoms with Crippen LogP contribution in [0.1, 0.15) is 22.0 Å². The highest BCUT2D eigenvalue weighted by Crippen LogP contribution is 2.17. The molecule has 0 aromatic heterocycles. The van der Waals surface area contributed by atoms with Gasteiger partial charge in [0.05, 0.1) is 4.90 Å². The predicted octanol–water partition coefficient (Wildman–Crippen LogP) is 1.65. The molecule has 132 valence electrons. The van der Waals surface area contributed by atoms with Gasteiger partial charge in [0.25, 0.3) is 5.91 Å². The molecule has 0 radical (unpaired) electrons. The number of sulfone groups is 1. The van der Waals surface area contributed by atoms with Crippen LogP contribution < -0.4 is 5.32 Å². The molecular weight excluding hydrogens is 340 g/mol. The largest absolute Gasteiger partial charge is 0.347 e.